The SMILES string of the molecule is CC(C)(C)Oc1ccc(CC(N)C(=O)N(CCc2ccccn2)CCc2ccccn2)cc1. The third kappa shape index (κ3) is 8.31. The molecule has 1 atom stereocenters. The van der Waals surface area contributed by atoms with Gasteiger partial charge in [-0.15, -0.1) is 0 Å². The minimum Gasteiger partial charge on any atom is -0.488 e. The summed E-state index contributed by atoms with van der Waals surface area (Å²) in [4.78, 5) is 23.9. The van der Waals surface area contributed by atoms with E-state index in [9.17, 15) is 4.79 Å². The molecule has 0 aliphatic heterocycles. The van der Waals surface area contributed by atoms with Crippen molar-refractivity contribution in [3.05, 3.63) is 90.0 Å². The van der Waals surface area contributed by atoms with Gasteiger partial charge < -0.3 is 15.4 Å². The van der Waals surface area contributed by atoms with Gasteiger partial charge in [-0.25, -0.2) is 0 Å². The van der Waals surface area contributed by atoms with Crippen LogP contribution in [-0.4, -0.2) is 45.5 Å². The smallest absolute Gasteiger partial charge is 0.239 e. The topological polar surface area (TPSA) is 81.3 Å². The standard InChI is InChI=1S/C27H34N4O2/c1-27(2,3)33-24-12-10-21(11-13-24)20-25(28)26(32)31(18-14-22-8-4-6-16-29-22)19-15-23-9-5-7-17-30-23/h4-13,16-17,25H,14-15,18-20,28H2,1-3H3. The number of amides is 1. The molecule has 2 aromatic heterocycles. The maximum atomic E-state index is 13.3. The fraction of sp³-hybridized carbons (Fsp3) is 0.370. The van der Waals surface area contributed by atoms with Crippen LogP contribution in [0.1, 0.15) is 37.7 Å². The number of benzene rings is 1. The van der Waals surface area contributed by atoms with Crippen molar-refractivity contribution >= 4 is 5.91 Å². The molecule has 0 spiro atoms. The van der Waals surface area contributed by atoms with Crippen molar-refractivity contribution in [2.24, 2.45) is 5.73 Å². The highest BCUT2D eigenvalue weighted by atomic mass is 16.5. The Labute approximate surface area is 196 Å². The van der Waals surface area contributed by atoms with Crippen molar-refractivity contribution in [3.63, 3.8) is 0 Å². The molecular weight excluding hydrogens is 412 g/mol. The molecule has 2 N–H and O–H groups in total. The summed E-state index contributed by atoms with van der Waals surface area (Å²) in [6, 6.07) is 18.8. The first-order valence-electron chi connectivity index (χ1n) is 11.4. The zero-order chi connectivity index (χ0) is 23.7. The summed E-state index contributed by atoms with van der Waals surface area (Å²) in [5, 5.41) is 0. The molecule has 3 aromatic rings. The molecule has 0 radical (unpaired) electrons. The first-order chi connectivity index (χ1) is 15.8. The molecule has 0 fully saturated rings. The lowest BCUT2D eigenvalue weighted by Crippen LogP contribution is -2.46. The van der Waals surface area contributed by atoms with E-state index in [2.05, 4.69) is 9.97 Å². The number of nitrogens with two attached hydrogens (primary N) is 1. The van der Waals surface area contributed by atoms with Gasteiger partial charge in [0.25, 0.3) is 0 Å². The van der Waals surface area contributed by atoms with Gasteiger partial charge in [0, 0.05) is 49.7 Å². The van der Waals surface area contributed by atoms with E-state index in [0.717, 1.165) is 22.7 Å². The van der Waals surface area contributed by atoms with Gasteiger partial charge in [0.2, 0.25) is 5.91 Å². The van der Waals surface area contributed by atoms with E-state index in [-0.39, 0.29) is 11.5 Å². The van der Waals surface area contributed by atoms with Crippen molar-refractivity contribution in [3.8, 4) is 5.75 Å². The van der Waals surface area contributed by atoms with Crippen LogP contribution in [0.3, 0.4) is 0 Å². The molecular formula is C27H34N4O2. The second kappa shape index (κ2) is 11.6. The first-order valence-corrected chi connectivity index (χ1v) is 11.4. The van der Waals surface area contributed by atoms with Crippen molar-refractivity contribution in [1.82, 2.24) is 14.9 Å². The van der Waals surface area contributed by atoms with Crippen molar-refractivity contribution in [2.75, 3.05) is 13.1 Å². The van der Waals surface area contributed by atoms with Gasteiger partial charge in [0.1, 0.15) is 11.4 Å². The van der Waals surface area contributed by atoms with Crippen molar-refractivity contribution in [2.45, 2.75) is 51.7 Å². The van der Waals surface area contributed by atoms with E-state index >= 15 is 0 Å². The van der Waals surface area contributed by atoms with E-state index in [1.54, 1.807) is 12.4 Å². The van der Waals surface area contributed by atoms with Crippen LogP contribution in [0.25, 0.3) is 0 Å². The molecule has 6 heteroatoms. The van der Waals surface area contributed by atoms with Gasteiger partial charge >= 0.3 is 0 Å². The summed E-state index contributed by atoms with van der Waals surface area (Å²) in [6.45, 7) is 7.17. The maximum absolute atomic E-state index is 13.3. The maximum Gasteiger partial charge on any atom is 0.239 e. The van der Waals surface area contributed by atoms with Gasteiger partial charge in [-0.3, -0.25) is 14.8 Å². The molecule has 0 saturated heterocycles. The summed E-state index contributed by atoms with van der Waals surface area (Å²) in [7, 11) is 0. The van der Waals surface area contributed by atoms with Gasteiger partial charge in [-0.1, -0.05) is 24.3 Å². The summed E-state index contributed by atoms with van der Waals surface area (Å²) >= 11 is 0. The molecule has 0 saturated carbocycles. The molecule has 6 nitrogen and oxygen atoms in total. The summed E-state index contributed by atoms with van der Waals surface area (Å²) in [6.07, 6.45) is 5.38. The Balaban J connectivity index is 1.64. The largest absolute Gasteiger partial charge is 0.488 e. The van der Waals surface area contributed by atoms with Gasteiger partial charge in [0.05, 0.1) is 6.04 Å². The number of hydrogen-bond acceptors (Lipinski definition) is 5. The molecule has 174 valence electrons. The van der Waals surface area contributed by atoms with Gasteiger partial charge in [-0.2, -0.15) is 0 Å². The molecule has 1 unspecified atom stereocenters. The highest BCUT2D eigenvalue weighted by Crippen LogP contribution is 2.19. The third-order valence-electron chi connectivity index (χ3n) is 5.16. The number of rotatable bonds is 10. The molecule has 0 aliphatic carbocycles. The second-order valence-electron chi connectivity index (χ2n) is 9.14. The quantitative estimate of drug-likeness (QED) is 0.512. The summed E-state index contributed by atoms with van der Waals surface area (Å²) in [5.41, 5.74) is 9.04. The van der Waals surface area contributed by atoms with Crippen LogP contribution in [0, 0.1) is 0 Å². The molecule has 0 bridgehead atoms. The number of carbonyl (C=O) groups is 1. The van der Waals surface area contributed by atoms with E-state index in [1.807, 2.05) is 86.3 Å². The zero-order valence-corrected chi connectivity index (χ0v) is 19.8. The van der Waals surface area contributed by atoms with Crippen molar-refractivity contribution < 1.29 is 9.53 Å². The monoisotopic (exact) mass is 446 g/mol. The Bertz CT molecular complexity index is 943. The lowest BCUT2D eigenvalue weighted by atomic mass is 10.0. The Morgan fingerprint density at radius 3 is 1.91 bits per heavy atom. The number of pyridine rings is 2. The van der Waals surface area contributed by atoms with Crippen LogP contribution in [-0.2, 0) is 24.1 Å². The Morgan fingerprint density at radius 2 is 1.45 bits per heavy atom. The number of carbonyl (C=O) groups excluding carboxylic acids is 1. The van der Waals surface area contributed by atoms with E-state index in [1.165, 1.54) is 0 Å². The minimum atomic E-state index is -0.619. The van der Waals surface area contributed by atoms with Crippen LogP contribution >= 0.6 is 0 Å². The predicted octanol–water partition coefficient (Wildman–Crippen LogP) is 3.84. The van der Waals surface area contributed by atoms with Crippen LogP contribution in [0.5, 0.6) is 5.75 Å². The molecule has 1 aromatic carbocycles. The Kier molecular flexibility index (Phi) is 8.55. The van der Waals surface area contributed by atoms with Gasteiger partial charge in [-0.05, 0) is 69.2 Å². The lowest BCUT2D eigenvalue weighted by Gasteiger charge is -2.26. The zero-order valence-electron chi connectivity index (χ0n) is 19.8. The molecule has 3 rings (SSSR count). The molecule has 33 heavy (non-hydrogen) atoms. The fourth-order valence-corrected chi connectivity index (χ4v) is 3.55. The van der Waals surface area contributed by atoms with E-state index < -0.39 is 6.04 Å². The van der Waals surface area contributed by atoms with Gasteiger partial charge in [0.15, 0.2) is 0 Å². The number of nitrogens with zero attached hydrogens (tertiary/aromatic N) is 3. The average Bonchev–Trinajstić information content (AvgIpc) is 2.80. The third-order valence-corrected chi connectivity index (χ3v) is 5.16. The number of hydrogen-bond donors (Lipinski definition) is 1. The Hall–Kier alpha value is -3.25. The highest BCUT2D eigenvalue weighted by Gasteiger charge is 2.22. The van der Waals surface area contributed by atoms with Crippen LogP contribution in [0.2, 0.25) is 0 Å². The average molecular weight is 447 g/mol. The summed E-state index contributed by atoms with van der Waals surface area (Å²) < 4.78 is 5.88. The second-order valence-corrected chi connectivity index (χ2v) is 9.14. The lowest BCUT2D eigenvalue weighted by molar-refractivity contribution is -0.132. The van der Waals surface area contributed by atoms with Crippen LogP contribution in [0.4, 0.5) is 0 Å². The molecule has 1 amide bonds. The number of ether oxygens (including phenoxy) is 1. The first kappa shape index (κ1) is 24.4. The van der Waals surface area contributed by atoms with Crippen LogP contribution < -0.4 is 10.5 Å². The number of aromatic nitrogens is 2. The highest BCUT2D eigenvalue weighted by molar-refractivity contribution is 5.82. The molecule has 0 aliphatic rings. The Morgan fingerprint density at radius 1 is 0.909 bits per heavy atom. The molecule has 2 heterocycles. The van der Waals surface area contributed by atoms with Crippen LogP contribution in [0.15, 0.2) is 73.1 Å². The normalized spacial score (nSPS) is 12.2. The van der Waals surface area contributed by atoms with E-state index in [0.29, 0.717) is 32.4 Å². The fourth-order valence-electron chi connectivity index (χ4n) is 3.55. The van der Waals surface area contributed by atoms with E-state index in [4.69, 9.17) is 10.5 Å². The predicted molar refractivity (Wildman–Crippen MR) is 131 cm³/mol. The van der Waals surface area contributed by atoms with Crippen molar-refractivity contribution in [1.29, 1.82) is 0 Å². The minimum absolute atomic E-state index is 0.0584. The summed E-state index contributed by atoms with van der Waals surface area (Å²) in [5.74, 6) is 0.746.